The van der Waals surface area contributed by atoms with Crippen LogP contribution in [0.3, 0.4) is 0 Å². The first-order chi connectivity index (χ1) is 11.2. The molecule has 1 N–H and O–H groups in total. The summed E-state index contributed by atoms with van der Waals surface area (Å²) in [6.45, 7) is 4.49. The maximum atomic E-state index is 12.1. The van der Waals surface area contributed by atoms with E-state index < -0.39 is 0 Å². The van der Waals surface area contributed by atoms with E-state index in [2.05, 4.69) is 20.3 Å². The summed E-state index contributed by atoms with van der Waals surface area (Å²) in [5, 5.41) is 7.03. The van der Waals surface area contributed by atoms with Crippen molar-refractivity contribution in [2.24, 2.45) is 0 Å². The van der Waals surface area contributed by atoms with Gasteiger partial charge in [-0.15, -0.1) is 0 Å². The van der Waals surface area contributed by atoms with E-state index in [9.17, 15) is 4.79 Å². The van der Waals surface area contributed by atoms with Crippen molar-refractivity contribution in [1.82, 2.24) is 20.1 Å². The molecule has 0 bridgehead atoms. The Morgan fingerprint density at radius 1 is 1.30 bits per heavy atom. The zero-order valence-electron chi connectivity index (χ0n) is 13.5. The van der Waals surface area contributed by atoms with Gasteiger partial charge in [0.05, 0.1) is 0 Å². The lowest BCUT2D eigenvalue weighted by atomic mass is 10.1. The van der Waals surface area contributed by atoms with Crippen LogP contribution in [-0.2, 0) is 11.3 Å². The van der Waals surface area contributed by atoms with E-state index in [0.717, 1.165) is 24.5 Å². The second-order valence-electron chi connectivity index (χ2n) is 5.95. The summed E-state index contributed by atoms with van der Waals surface area (Å²) in [6.07, 6.45) is 9.11. The molecule has 23 heavy (non-hydrogen) atoms. The summed E-state index contributed by atoms with van der Waals surface area (Å²) in [5.74, 6) is 0.985. The van der Waals surface area contributed by atoms with E-state index in [1.54, 1.807) is 17.1 Å². The van der Waals surface area contributed by atoms with Gasteiger partial charge in [0.2, 0.25) is 5.91 Å². The Kier molecular flexibility index (Phi) is 4.90. The van der Waals surface area contributed by atoms with Gasteiger partial charge < -0.3 is 10.2 Å². The molecular formula is C17H23N5O. The van der Waals surface area contributed by atoms with Crippen LogP contribution in [0, 0.1) is 0 Å². The van der Waals surface area contributed by atoms with Crippen molar-refractivity contribution in [1.29, 1.82) is 0 Å². The molecule has 2 aromatic rings. The molecule has 6 nitrogen and oxygen atoms in total. The molecule has 122 valence electrons. The molecule has 3 heterocycles. The van der Waals surface area contributed by atoms with Crippen LogP contribution in [-0.4, -0.2) is 33.8 Å². The van der Waals surface area contributed by atoms with Gasteiger partial charge in [-0.1, -0.05) is 6.07 Å². The zero-order valence-corrected chi connectivity index (χ0v) is 13.5. The number of carbonyl (C=O) groups excluding carboxylic acids is 1. The molecule has 1 saturated heterocycles. The van der Waals surface area contributed by atoms with Crippen LogP contribution in [0.25, 0.3) is 0 Å². The Hall–Kier alpha value is -2.37. The van der Waals surface area contributed by atoms with Gasteiger partial charge in [-0.2, -0.15) is 5.10 Å². The smallest absolute Gasteiger partial charge is 0.244 e. The maximum Gasteiger partial charge on any atom is 0.244 e. The van der Waals surface area contributed by atoms with Crippen molar-refractivity contribution in [2.45, 2.75) is 38.8 Å². The van der Waals surface area contributed by atoms with E-state index in [1.165, 1.54) is 19.3 Å². The molecule has 1 aliphatic rings. The molecule has 0 aromatic carbocycles. The number of aromatic nitrogens is 3. The van der Waals surface area contributed by atoms with E-state index >= 15 is 0 Å². The molecule has 0 saturated carbocycles. The number of pyridine rings is 1. The normalized spacial score (nSPS) is 16.1. The molecule has 1 fully saturated rings. The Morgan fingerprint density at radius 3 is 2.78 bits per heavy atom. The Morgan fingerprint density at radius 2 is 2.13 bits per heavy atom. The van der Waals surface area contributed by atoms with Crippen molar-refractivity contribution < 1.29 is 4.79 Å². The van der Waals surface area contributed by atoms with Gasteiger partial charge in [-0.05, 0) is 43.9 Å². The van der Waals surface area contributed by atoms with Gasteiger partial charge in [0.25, 0.3) is 0 Å². The molecule has 1 amide bonds. The van der Waals surface area contributed by atoms with Gasteiger partial charge in [-0.25, -0.2) is 4.98 Å². The summed E-state index contributed by atoms with van der Waals surface area (Å²) in [7, 11) is 0. The third kappa shape index (κ3) is 3.88. The molecule has 1 aliphatic heterocycles. The number of hydrogen-bond donors (Lipinski definition) is 1. The first kappa shape index (κ1) is 15.5. The SMILES string of the molecule is C[C@@H](C(=O)NCc1ccc(N2CCCCC2)nc1)n1cccn1. The lowest BCUT2D eigenvalue weighted by Gasteiger charge is -2.27. The van der Waals surface area contributed by atoms with Crippen LogP contribution in [0.4, 0.5) is 5.82 Å². The molecule has 0 radical (unpaired) electrons. The molecule has 0 spiro atoms. The lowest BCUT2D eigenvalue weighted by Crippen LogP contribution is -2.31. The predicted octanol–water partition coefficient (Wildman–Crippen LogP) is 2.15. The zero-order chi connectivity index (χ0) is 16.1. The molecule has 0 aliphatic carbocycles. The first-order valence-electron chi connectivity index (χ1n) is 8.21. The van der Waals surface area contributed by atoms with Crippen LogP contribution in [0.15, 0.2) is 36.8 Å². The number of nitrogens with zero attached hydrogens (tertiary/aromatic N) is 4. The van der Waals surface area contributed by atoms with Crippen molar-refractivity contribution in [3.05, 3.63) is 42.4 Å². The highest BCUT2D eigenvalue weighted by Gasteiger charge is 2.15. The second-order valence-corrected chi connectivity index (χ2v) is 5.95. The third-order valence-electron chi connectivity index (χ3n) is 4.26. The number of nitrogens with one attached hydrogen (secondary N) is 1. The second kappa shape index (κ2) is 7.26. The molecule has 1 atom stereocenters. The Labute approximate surface area is 136 Å². The Balaban J connectivity index is 1.53. The van der Waals surface area contributed by atoms with Gasteiger partial charge in [-0.3, -0.25) is 9.48 Å². The highest BCUT2D eigenvalue weighted by Crippen LogP contribution is 2.17. The van der Waals surface area contributed by atoms with E-state index in [1.807, 2.05) is 31.3 Å². The first-order valence-corrected chi connectivity index (χ1v) is 8.21. The van der Waals surface area contributed by atoms with E-state index in [0.29, 0.717) is 6.54 Å². The topological polar surface area (TPSA) is 63.1 Å². The van der Waals surface area contributed by atoms with Crippen LogP contribution in [0.2, 0.25) is 0 Å². The molecule has 6 heteroatoms. The van der Waals surface area contributed by atoms with Gasteiger partial charge >= 0.3 is 0 Å². The summed E-state index contributed by atoms with van der Waals surface area (Å²) in [6, 6.07) is 5.58. The van der Waals surface area contributed by atoms with Crippen LogP contribution in [0.1, 0.15) is 37.8 Å². The van der Waals surface area contributed by atoms with Crippen molar-refractivity contribution in [2.75, 3.05) is 18.0 Å². The average molecular weight is 313 g/mol. The summed E-state index contributed by atoms with van der Waals surface area (Å²) >= 11 is 0. The standard InChI is InChI=1S/C17H23N5O/c1-14(22-11-5-8-20-22)17(23)19-13-15-6-7-16(18-12-15)21-9-3-2-4-10-21/h5-8,11-12,14H,2-4,9-10,13H2,1H3,(H,19,23)/t14-/m0/s1. The minimum absolute atomic E-state index is 0.0474. The number of piperidine rings is 1. The fourth-order valence-corrected chi connectivity index (χ4v) is 2.80. The van der Waals surface area contributed by atoms with Gasteiger partial charge in [0.15, 0.2) is 0 Å². The minimum atomic E-state index is -0.314. The highest BCUT2D eigenvalue weighted by molar-refractivity contribution is 5.79. The molecular weight excluding hydrogens is 290 g/mol. The van der Waals surface area contributed by atoms with E-state index in [-0.39, 0.29) is 11.9 Å². The largest absolute Gasteiger partial charge is 0.357 e. The number of amides is 1. The summed E-state index contributed by atoms with van der Waals surface area (Å²) < 4.78 is 1.65. The van der Waals surface area contributed by atoms with Crippen LogP contribution >= 0.6 is 0 Å². The lowest BCUT2D eigenvalue weighted by molar-refractivity contribution is -0.124. The highest BCUT2D eigenvalue weighted by atomic mass is 16.2. The fraction of sp³-hybridized carbons (Fsp3) is 0.471. The number of anilines is 1. The van der Waals surface area contributed by atoms with E-state index in [4.69, 9.17) is 0 Å². The number of rotatable bonds is 5. The molecule has 2 aromatic heterocycles. The summed E-state index contributed by atoms with van der Waals surface area (Å²) in [4.78, 5) is 19.0. The minimum Gasteiger partial charge on any atom is -0.357 e. The predicted molar refractivity (Wildman–Crippen MR) is 89.1 cm³/mol. The van der Waals surface area contributed by atoms with Crippen molar-refractivity contribution in [3.63, 3.8) is 0 Å². The third-order valence-corrected chi connectivity index (χ3v) is 4.26. The quantitative estimate of drug-likeness (QED) is 0.918. The number of carbonyl (C=O) groups is 1. The fourth-order valence-electron chi connectivity index (χ4n) is 2.80. The Bertz CT molecular complexity index is 617. The maximum absolute atomic E-state index is 12.1. The van der Waals surface area contributed by atoms with Crippen molar-refractivity contribution in [3.8, 4) is 0 Å². The van der Waals surface area contributed by atoms with Crippen molar-refractivity contribution >= 4 is 11.7 Å². The monoisotopic (exact) mass is 313 g/mol. The van der Waals surface area contributed by atoms with Gasteiger partial charge in [0.1, 0.15) is 11.9 Å². The van der Waals surface area contributed by atoms with Gasteiger partial charge in [0, 0.05) is 38.2 Å². The summed E-state index contributed by atoms with van der Waals surface area (Å²) in [5.41, 5.74) is 1.01. The molecule has 0 unspecified atom stereocenters. The van der Waals surface area contributed by atoms with Crippen LogP contribution in [0.5, 0.6) is 0 Å². The average Bonchev–Trinajstić information content (AvgIpc) is 3.15. The van der Waals surface area contributed by atoms with Crippen LogP contribution < -0.4 is 10.2 Å². The number of hydrogen-bond acceptors (Lipinski definition) is 4. The molecule has 3 rings (SSSR count).